The summed E-state index contributed by atoms with van der Waals surface area (Å²) >= 11 is 0. The molecule has 2 amide bonds. The third-order valence-electron chi connectivity index (χ3n) is 10.4. The largest absolute Gasteiger partial charge is 0.457 e. The van der Waals surface area contributed by atoms with E-state index in [0.717, 1.165) is 27.2 Å². The van der Waals surface area contributed by atoms with Crippen LogP contribution in [0.5, 0.6) is 0 Å². The molecule has 7 atom stereocenters. The van der Waals surface area contributed by atoms with Gasteiger partial charge in [0.15, 0.2) is 12.1 Å². The van der Waals surface area contributed by atoms with Crippen LogP contribution in [-0.2, 0) is 57.6 Å². The van der Waals surface area contributed by atoms with Gasteiger partial charge in [0, 0.05) is 32.8 Å². The number of imide groups is 1. The lowest BCUT2D eigenvalue weighted by molar-refractivity contribution is -0.319. The second kappa shape index (κ2) is 20.3. The molecule has 2 aliphatic heterocycles. The number of Topliss-reactive ketones (excluding diaryl/α,β-unsaturated/α-hetero) is 1. The summed E-state index contributed by atoms with van der Waals surface area (Å²) in [5, 5.41) is 10.4. The Morgan fingerprint density at radius 2 is 1.53 bits per heavy atom. The van der Waals surface area contributed by atoms with E-state index in [1.54, 1.807) is 6.07 Å². The normalized spacial score (nSPS) is 22.6. The van der Waals surface area contributed by atoms with Crippen LogP contribution < -0.4 is 0 Å². The highest BCUT2D eigenvalue weighted by atomic mass is 16.7. The zero-order valence-corrected chi connectivity index (χ0v) is 33.6. The van der Waals surface area contributed by atoms with Gasteiger partial charge in [0.1, 0.15) is 36.8 Å². The number of carbonyl (C=O) groups is 3. The van der Waals surface area contributed by atoms with Gasteiger partial charge in [0.2, 0.25) is 11.9 Å². The Hall–Kier alpha value is -4.73. The minimum Gasteiger partial charge on any atom is -0.457 e. The molecule has 13 nitrogen and oxygen atoms in total. The predicted octanol–water partition coefficient (Wildman–Crippen LogP) is 6.31. The van der Waals surface area contributed by atoms with E-state index in [4.69, 9.17) is 37.6 Å². The zero-order chi connectivity index (χ0) is 41.2. The van der Waals surface area contributed by atoms with Crippen molar-refractivity contribution in [2.24, 2.45) is 5.92 Å². The molecule has 0 aliphatic carbocycles. The Kier molecular flexibility index (Phi) is 15.0. The first-order valence-corrected chi connectivity index (χ1v) is 19.6. The molecule has 2 fully saturated rings. The summed E-state index contributed by atoms with van der Waals surface area (Å²) in [4.78, 5) is 41.1. The van der Waals surface area contributed by atoms with Crippen LogP contribution in [0.3, 0.4) is 0 Å². The molecule has 0 spiro atoms. The number of cyclic esters (lactones) is 1. The summed E-state index contributed by atoms with van der Waals surface area (Å²) in [5.74, 6) is -1.19. The minimum absolute atomic E-state index is 0.0404. The van der Waals surface area contributed by atoms with Crippen molar-refractivity contribution in [1.29, 1.82) is 0 Å². The summed E-state index contributed by atoms with van der Waals surface area (Å²) in [6.07, 6.45) is -5.41. The lowest BCUT2D eigenvalue weighted by atomic mass is 9.98. The number of methoxy groups -OCH3 is 2. The van der Waals surface area contributed by atoms with Gasteiger partial charge in [-0.2, -0.15) is 0 Å². The van der Waals surface area contributed by atoms with E-state index in [-0.39, 0.29) is 44.7 Å². The van der Waals surface area contributed by atoms with Crippen molar-refractivity contribution in [2.45, 2.75) is 89.7 Å². The van der Waals surface area contributed by atoms with Crippen LogP contribution in [0, 0.1) is 12.8 Å². The number of hydrogen-bond acceptors (Lipinski definition) is 12. The molecule has 0 radical (unpaired) electrons. The number of rotatable bonds is 19. The second-order valence-electron chi connectivity index (χ2n) is 14.8. The van der Waals surface area contributed by atoms with Gasteiger partial charge < -0.3 is 42.7 Å². The minimum atomic E-state index is -1.62. The quantitative estimate of drug-likeness (QED) is 0.0643. The van der Waals surface area contributed by atoms with Gasteiger partial charge in [-0.15, -0.1) is 0 Å². The molecule has 0 unspecified atom stereocenters. The van der Waals surface area contributed by atoms with Crippen LogP contribution in [0.15, 0.2) is 95.4 Å². The molecular weight excluding hydrogens is 746 g/mol. The Labute approximate surface area is 339 Å². The summed E-state index contributed by atoms with van der Waals surface area (Å²) in [5.41, 5.74) is 4.41. The number of ketones is 1. The molecule has 6 rings (SSSR count). The molecule has 58 heavy (non-hydrogen) atoms. The standard InChI is InChI=1S/C45H53NO12/c1-28(2)34-27-56-45(50)46(34)43(49)40(51-4)38(48)36-23-33(32-19-12-14-29(3)22-32)35(57-36)20-13-21-53-42-41(55-26-31-17-10-7-11-18-31)39(37(24-47)58-44(42)52-5)54-25-30-15-8-6-9-16-30/h6-12,14-19,22-23,28,34,37,39-42,44,47H,13,20-21,24-27H2,1-5H3/t34-,37+,39+,40+,41-,42-,44-/m0/s1. The molecule has 1 aromatic heterocycles. The topological polar surface area (TPSA) is 152 Å². The summed E-state index contributed by atoms with van der Waals surface area (Å²) < 4.78 is 48.3. The van der Waals surface area contributed by atoms with E-state index in [1.807, 2.05) is 106 Å². The first-order chi connectivity index (χ1) is 28.1. The van der Waals surface area contributed by atoms with Crippen molar-refractivity contribution < 1.29 is 57.1 Å². The van der Waals surface area contributed by atoms with E-state index < -0.39 is 60.6 Å². The highest BCUT2D eigenvalue weighted by molar-refractivity contribution is 6.14. The Morgan fingerprint density at radius 3 is 2.14 bits per heavy atom. The molecule has 13 heteroatoms. The highest BCUT2D eigenvalue weighted by Gasteiger charge is 2.49. The molecule has 0 saturated carbocycles. The fourth-order valence-electron chi connectivity index (χ4n) is 7.32. The number of nitrogens with zero attached hydrogens (tertiary/aromatic N) is 1. The van der Waals surface area contributed by atoms with Crippen LogP contribution in [0.2, 0.25) is 0 Å². The predicted molar refractivity (Wildman–Crippen MR) is 212 cm³/mol. The third-order valence-corrected chi connectivity index (χ3v) is 10.4. The third kappa shape index (κ3) is 10.1. The molecule has 2 saturated heterocycles. The summed E-state index contributed by atoms with van der Waals surface area (Å²) in [7, 11) is 2.76. The fraction of sp³-hybridized carbons (Fsp3) is 0.444. The van der Waals surface area contributed by atoms with Crippen LogP contribution in [0.4, 0.5) is 4.79 Å². The van der Waals surface area contributed by atoms with Crippen LogP contribution in [0.25, 0.3) is 11.1 Å². The van der Waals surface area contributed by atoms with Gasteiger partial charge in [-0.3, -0.25) is 9.59 Å². The number of hydrogen-bond donors (Lipinski definition) is 1. The Morgan fingerprint density at radius 1 is 0.862 bits per heavy atom. The number of carbonyl (C=O) groups excluding carboxylic acids is 3. The SMILES string of the molecule is CO[C@H](C(=O)c1cc(-c2cccc(C)c2)c(CCCO[C@@H]2[C@@H](OC)O[C@H](CO)[C@@H](OCc3ccccc3)[C@@H]2OCc2ccccc2)o1)C(=O)N1C(=O)OC[C@H]1C(C)C. The molecule has 2 aliphatic rings. The van der Waals surface area contributed by atoms with Gasteiger partial charge in [-0.1, -0.05) is 104 Å². The second-order valence-corrected chi connectivity index (χ2v) is 14.8. The number of benzene rings is 3. The van der Waals surface area contributed by atoms with Gasteiger partial charge >= 0.3 is 6.09 Å². The molecular formula is C45H53NO12. The van der Waals surface area contributed by atoms with Crippen molar-refractivity contribution in [3.63, 3.8) is 0 Å². The highest BCUT2D eigenvalue weighted by Crippen LogP contribution is 2.33. The van der Waals surface area contributed by atoms with E-state index >= 15 is 0 Å². The van der Waals surface area contributed by atoms with Crippen LogP contribution in [0.1, 0.15) is 53.3 Å². The number of ether oxygens (including phenoxy) is 7. The molecule has 1 N–H and O–H groups in total. The zero-order valence-electron chi connectivity index (χ0n) is 33.6. The molecule has 3 aromatic carbocycles. The fourth-order valence-corrected chi connectivity index (χ4v) is 7.32. The number of aliphatic hydroxyl groups excluding tert-OH is 1. The monoisotopic (exact) mass is 799 g/mol. The molecule has 0 bridgehead atoms. The van der Waals surface area contributed by atoms with Crippen molar-refractivity contribution in [3.05, 3.63) is 119 Å². The van der Waals surface area contributed by atoms with Crippen molar-refractivity contribution in [3.8, 4) is 11.1 Å². The van der Waals surface area contributed by atoms with Gasteiger partial charge in [0.05, 0.1) is 25.9 Å². The molecule has 4 aromatic rings. The number of aliphatic hydroxyl groups is 1. The number of amides is 2. The lowest BCUT2D eigenvalue weighted by Gasteiger charge is -2.45. The smallest absolute Gasteiger partial charge is 0.417 e. The summed E-state index contributed by atoms with van der Waals surface area (Å²) in [6, 6.07) is 28.3. The van der Waals surface area contributed by atoms with Gasteiger partial charge in [-0.05, 0) is 42.0 Å². The Bertz CT molecular complexity index is 1950. The van der Waals surface area contributed by atoms with E-state index in [9.17, 15) is 19.5 Å². The van der Waals surface area contributed by atoms with Gasteiger partial charge in [0.25, 0.3) is 5.91 Å². The van der Waals surface area contributed by atoms with E-state index in [1.165, 1.54) is 14.2 Å². The van der Waals surface area contributed by atoms with Crippen LogP contribution in [-0.4, -0.2) is 105 Å². The van der Waals surface area contributed by atoms with Gasteiger partial charge in [-0.25, -0.2) is 9.69 Å². The molecule has 310 valence electrons. The lowest BCUT2D eigenvalue weighted by Crippen LogP contribution is -2.61. The Balaban J connectivity index is 1.21. The average Bonchev–Trinajstić information content (AvgIpc) is 3.85. The van der Waals surface area contributed by atoms with Crippen molar-refractivity contribution in [1.82, 2.24) is 4.90 Å². The van der Waals surface area contributed by atoms with E-state index in [2.05, 4.69) is 0 Å². The van der Waals surface area contributed by atoms with Crippen molar-refractivity contribution in [2.75, 3.05) is 34.0 Å². The van der Waals surface area contributed by atoms with Crippen molar-refractivity contribution >= 4 is 17.8 Å². The van der Waals surface area contributed by atoms with Crippen LogP contribution >= 0.6 is 0 Å². The maximum atomic E-state index is 13.9. The summed E-state index contributed by atoms with van der Waals surface area (Å²) in [6.45, 7) is 6.15. The van der Waals surface area contributed by atoms with E-state index in [0.29, 0.717) is 24.2 Å². The first-order valence-electron chi connectivity index (χ1n) is 19.6. The number of furan rings is 1. The maximum Gasteiger partial charge on any atom is 0.417 e. The average molecular weight is 800 g/mol. The maximum absolute atomic E-state index is 13.9. The number of aryl methyl sites for hydroxylation is 2. The first kappa shape index (κ1) is 42.9. The molecule has 3 heterocycles.